The minimum Gasteiger partial charge on any atom is -0.459 e. The Bertz CT molecular complexity index is 636. The summed E-state index contributed by atoms with van der Waals surface area (Å²) < 4.78 is 10.8. The molecule has 0 aromatic carbocycles. The number of carbonyl (C=O) groups excluding carboxylic acids is 1. The molecule has 0 aromatic heterocycles. The third kappa shape index (κ3) is 2.49. The summed E-state index contributed by atoms with van der Waals surface area (Å²) in [7, 11) is 0. The van der Waals surface area contributed by atoms with Crippen LogP contribution in [-0.4, -0.2) is 58.4 Å². The third-order valence-electron chi connectivity index (χ3n) is 7.75. The van der Waals surface area contributed by atoms with E-state index in [1.807, 2.05) is 19.9 Å². The average Bonchev–Trinajstić information content (AvgIpc) is 3.23. The molecule has 7 atom stereocenters. The fourth-order valence-corrected chi connectivity index (χ4v) is 6.40. The molecule has 4 rings (SSSR count). The first-order chi connectivity index (χ1) is 12.1. The molecule has 2 saturated heterocycles. The maximum atomic E-state index is 11.8. The highest BCUT2D eigenvalue weighted by Crippen LogP contribution is 2.66. The Hall–Kier alpha value is -0.950. The molecule has 6 nitrogen and oxygen atoms in total. The van der Waals surface area contributed by atoms with Crippen LogP contribution in [0.4, 0.5) is 0 Å². The van der Waals surface area contributed by atoms with Gasteiger partial charge in [0.05, 0.1) is 30.0 Å². The zero-order valence-corrected chi connectivity index (χ0v) is 15.8. The van der Waals surface area contributed by atoms with Crippen LogP contribution < -0.4 is 0 Å². The molecule has 146 valence electrons. The SMILES string of the molecule is CC1(C)[C@@H](O)CC[C@@]2(C)[C@H]1[C@H](O)C[C@@]1(CO1)[C@@H]2C/C=C1/C(=O)OCC1O. The van der Waals surface area contributed by atoms with Gasteiger partial charge in [0.25, 0.3) is 0 Å². The molecular formula is C20H30O6. The fourth-order valence-electron chi connectivity index (χ4n) is 6.40. The number of hydrogen-bond acceptors (Lipinski definition) is 6. The summed E-state index contributed by atoms with van der Waals surface area (Å²) in [4.78, 5) is 11.8. The second-order valence-electron chi connectivity index (χ2n) is 9.55. The van der Waals surface area contributed by atoms with E-state index in [4.69, 9.17) is 9.47 Å². The van der Waals surface area contributed by atoms with Gasteiger partial charge >= 0.3 is 5.97 Å². The summed E-state index contributed by atoms with van der Waals surface area (Å²) in [6.45, 7) is 6.93. The van der Waals surface area contributed by atoms with Gasteiger partial charge in [-0.1, -0.05) is 26.8 Å². The number of carbonyl (C=O) groups is 1. The molecule has 0 radical (unpaired) electrons. The molecule has 1 spiro atoms. The predicted octanol–water partition coefficient (Wildman–Crippen LogP) is 1.17. The molecule has 0 amide bonds. The quantitative estimate of drug-likeness (QED) is 0.385. The summed E-state index contributed by atoms with van der Waals surface area (Å²) in [5.41, 5.74) is -0.614. The maximum absolute atomic E-state index is 11.8. The van der Waals surface area contributed by atoms with Crippen molar-refractivity contribution in [3.8, 4) is 0 Å². The number of rotatable bonds is 2. The number of fused-ring (bicyclic) bond motifs is 1. The molecule has 2 aliphatic carbocycles. The number of aliphatic hydroxyl groups is 3. The number of esters is 1. The van der Waals surface area contributed by atoms with Crippen molar-refractivity contribution in [2.45, 2.75) is 70.4 Å². The van der Waals surface area contributed by atoms with E-state index in [-0.39, 0.29) is 34.9 Å². The molecule has 2 saturated carbocycles. The van der Waals surface area contributed by atoms with Crippen LogP contribution in [0.2, 0.25) is 0 Å². The van der Waals surface area contributed by atoms with Crippen LogP contribution in [-0.2, 0) is 14.3 Å². The Morgan fingerprint density at radius 2 is 1.92 bits per heavy atom. The van der Waals surface area contributed by atoms with E-state index in [1.165, 1.54) is 0 Å². The third-order valence-corrected chi connectivity index (χ3v) is 7.75. The van der Waals surface area contributed by atoms with Crippen molar-refractivity contribution in [1.29, 1.82) is 0 Å². The Morgan fingerprint density at radius 1 is 1.23 bits per heavy atom. The van der Waals surface area contributed by atoms with Crippen molar-refractivity contribution in [3.05, 3.63) is 11.6 Å². The van der Waals surface area contributed by atoms with Crippen LogP contribution >= 0.6 is 0 Å². The van der Waals surface area contributed by atoms with Crippen molar-refractivity contribution in [1.82, 2.24) is 0 Å². The minimum absolute atomic E-state index is 0.0226. The molecule has 2 aliphatic heterocycles. The molecule has 4 aliphatic rings. The van der Waals surface area contributed by atoms with Crippen LogP contribution in [0.1, 0.15) is 46.5 Å². The lowest BCUT2D eigenvalue weighted by Crippen LogP contribution is -2.63. The summed E-state index contributed by atoms with van der Waals surface area (Å²) in [6, 6.07) is 0. The standard InChI is InChI=1S/C20H30O6/c1-18(2)15(23)6-7-19(3)14(5-4-11-13(22)9-25-17(11)24)20(10-26-20)8-12(21)16(18)19/h4,12-16,21-23H,5-10H2,1-3H3/b11-4+/t12-,13?,14-,15+,16+,19-,20-/m1/s1. The van der Waals surface area contributed by atoms with Crippen molar-refractivity contribution in [2.75, 3.05) is 13.2 Å². The summed E-state index contributed by atoms with van der Waals surface area (Å²) in [5, 5.41) is 31.5. The zero-order valence-electron chi connectivity index (χ0n) is 15.8. The van der Waals surface area contributed by atoms with Crippen LogP contribution in [0.5, 0.6) is 0 Å². The first-order valence-corrected chi connectivity index (χ1v) is 9.67. The number of hydrogen-bond donors (Lipinski definition) is 3. The van der Waals surface area contributed by atoms with Gasteiger partial charge in [0.2, 0.25) is 0 Å². The number of aliphatic hydroxyl groups excluding tert-OH is 3. The molecule has 26 heavy (non-hydrogen) atoms. The number of epoxide rings is 1. The first-order valence-electron chi connectivity index (χ1n) is 9.67. The predicted molar refractivity (Wildman–Crippen MR) is 93.1 cm³/mol. The van der Waals surface area contributed by atoms with Gasteiger partial charge in [-0.3, -0.25) is 0 Å². The van der Waals surface area contributed by atoms with E-state index >= 15 is 0 Å². The highest BCUT2D eigenvalue weighted by atomic mass is 16.6. The molecule has 1 unspecified atom stereocenters. The smallest absolute Gasteiger partial charge is 0.336 e. The Balaban J connectivity index is 1.68. The van der Waals surface area contributed by atoms with Crippen molar-refractivity contribution in [2.24, 2.45) is 22.7 Å². The van der Waals surface area contributed by atoms with Crippen LogP contribution in [0.25, 0.3) is 0 Å². The van der Waals surface area contributed by atoms with Gasteiger partial charge in [-0.25, -0.2) is 4.79 Å². The molecule has 4 fully saturated rings. The molecule has 0 bridgehead atoms. The molecular weight excluding hydrogens is 336 g/mol. The largest absolute Gasteiger partial charge is 0.459 e. The zero-order chi connectivity index (χ0) is 18.9. The second kappa shape index (κ2) is 5.77. The Kier molecular flexibility index (Phi) is 4.09. The summed E-state index contributed by atoms with van der Waals surface area (Å²) >= 11 is 0. The highest BCUT2D eigenvalue weighted by molar-refractivity contribution is 5.91. The van der Waals surface area contributed by atoms with E-state index in [0.717, 1.165) is 6.42 Å². The van der Waals surface area contributed by atoms with Crippen LogP contribution in [0.3, 0.4) is 0 Å². The summed E-state index contributed by atoms with van der Waals surface area (Å²) in [6.07, 6.45) is 2.67. The van der Waals surface area contributed by atoms with Gasteiger partial charge in [-0.15, -0.1) is 0 Å². The number of cyclic esters (lactones) is 1. The van der Waals surface area contributed by atoms with E-state index in [0.29, 0.717) is 31.4 Å². The molecule has 3 N–H and O–H groups in total. The van der Waals surface area contributed by atoms with Gasteiger partial charge in [-0.2, -0.15) is 0 Å². The van der Waals surface area contributed by atoms with E-state index in [9.17, 15) is 20.1 Å². The molecule has 0 aromatic rings. The van der Waals surface area contributed by atoms with Crippen LogP contribution in [0.15, 0.2) is 11.6 Å². The monoisotopic (exact) mass is 366 g/mol. The highest BCUT2D eigenvalue weighted by Gasteiger charge is 2.68. The average molecular weight is 366 g/mol. The number of allylic oxidation sites excluding steroid dienone is 1. The van der Waals surface area contributed by atoms with E-state index in [2.05, 4.69) is 6.92 Å². The Labute approximate surface area is 154 Å². The number of ether oxygens (including phenoxy) is 2. The van der Waals surface area contributed by atoms with E-state index in [1.54, 1.807) is 0 Å². The lowest BCUT2D eigenvalue weighted by Gasteiger charge is -2.61. The van der Waals surface area contributed by atoms with Gasteiger partial charge < -0.3 is 24.8 Å². The second-order valence-corrected chi connectivity index (χ2v) is 9.55. The summed E-state index contributed by atoms with van der Waals surface area (Å²) in [5.74, 6) is -0.360. The van der Waals surface area contributed by atoms with Crippen LogP contribution in [0, 0.1) is 22.7 Å². The van der Waals surface area contributed by atoms with E-state index < -0.39 is 24.3 Å². The maximum Gasteiger partial charge on any atom is 0.336 e. The van der Waals surface area contributed by atoms with Gasteiger partial charge in [-0.05, 0) is 41.9 Å². The first kappa shape index (κ1) is 18.4. The lowest BCUT2D eigenvalue weighted by molar-refractivity contribution is -0.198. The van der Waals surface area contributed by atoms with Gasteiger partial charge in [0.1, 0.15) is 12.7 Å². The normalized spacial score (nSPS) is 51.4. The topological polar surface area (TPSA) is 99.5 Å². The van der Waals surface area contributed by atoms with Gasteiger partial charge in [0, 0.05) is 6.42 Å². The molecule has 6 heteroatoms. The molecule has 2 heterocycles. The Morgan fingerprint density at radius 3 is 2.50 bits per heavy atom. The minimum atomic E-state index is -0.860. The van der Waals surface area contributed by atoms with Crippen molar-refractivity contribution < 1.29 is 29.6 Å². The van der Waals surface area contributed by atoms with Crippen molar-refractivity contribution in [3.63, 3.8) is 0 Å². The van der Waals surface area contributed by atoms with Gasteiger partial charge in [0.15, 0.2) is 0 Å². The van der Waals surface area contributed by atoms with Crippen molar-refractivity contribution >= 4 is 5.97 Å². The lowest BCUT2D eigenvalue weighted by atomic mass is 9.44. The fraction of sp³-hybridized carbons (Fsp3) is 0.850.